The van der Waals surface area contributed by atoms with Gasteiger partial charge in [0.05, 0.1) is 6.61 Å². The van der Waals surface area contributed by atoms with Crippen LogP contribution in [0.25, 0.3) is 0 Å². The van der Waals surface area contributed by atoms with Crippen molar-refractivity contribution >= 4 is 29.5 Å². The molecule has 11 nitrogen and oxygen atoms in total. The molecule has 11 heteroatoms. The zero-order valence-corrected chi connectivity index (χ0v) is 22.3. The third kappa shape index (κ3) is 9.40. The highest BCUT2D eigenvalue weighted by molar-refractivity contribution is 5.96. The summed E-state index contributed by atoms with van der Waals surface area (Å²) < 4.78 is 0. The molecule has 206 valence electrons. The summed E-state index contributed by atoms with van der Waals surface area (Å²) in [4.78, 5) is 62.4. The van der Waals surface area contributed by atoms with E-state index in [0.717, 1.165) is 25.7 Å². The van der Waals surface area contributed by atoms with Crippen molar-refractivity contribution in [3.63, 3.8) is 0 Å². The number of rotatable bonds is 16. The number of nitrogens with one attached hydrogen (secondary N) is 4. The van der Waals surface area contributed by atoms with Crippen molar-refractivity contribution < 1.29 is 29.1 Å². The molecule has 0 aromatic rings. The van der Waals surface area contributed by atoms with Gasteiger partial charge in [-0.3, -0.25) is 24.0 Å². The topological polar surface area (TPSA) is 180 Å². The Labute approximate surface area is 214 Å². The number of nitrogens with two attached hydrogens (primary N) is 1. The van der Waals surface area contributed by atoms with Gasteiger partial charge in [-0.05, 0) is 46.0 Å². The Bertz CT molecular complexity index is 787. The fourth-order valence-corrected chi connectivity index (χ4v) is 4.03. The van der Waals surface area contributed by atoms with E-state index in [2.05, 4.69) is 21.3 Å². The second-order valence-electron chi connectivity index (χ2n) is 10.1. The molecule has 5 atom stereocenters. The van der Waals surface area contributed by atoms with E-state index in [9.17, 15) is 29.1 Å². The van der Waals surface area contributed by atoms with E-state index in [1.54, 1.807) is 6.92 Å². The lowest BCUT2D eigenvalue weighted by atomic mass is 9.78. The smallest absolute Gasteiger partial charge is 0.246 e. The predicted octanol–water partition coefficient (Wildman–Crippen LogP) is 0.240. The third-order valence-corrected chi connectivity index (χ3v) is 6.98. The highest BCUT2D eigenvalue weighted by atomic mass is 16.3. The minimum absolute atomic E-state index is 0.183. The summed E-state index contributed by atoms with van der Waals surface area (Å²) in [6.45, 7) is 7.66. The number of hydrogen-bond acceptors (Lipinski definition) is 6. The molecule has 5 amide bonds. The Morgan fingerprint density at radius 3 is 2.06 bits per heavy atom. The van der Waals surface area contributed by atoms with Crippen LogP contribution in [0.1, 0.15) is 86.0 Å². The average molecular weight is 512 g/mol. The summed E-state index contributed by atoms with van der Waals surface area (Å²) in [7, 11) is 0. The molecule has 1 aliphatic carbocycles. The van der Waals surface area contributed by atoms with Crippen molar-refractivity contribution in [1.29, 1.82) is 0 Å². The molecule has 1 aliphatic rings. The molecular weight excluding hydrogens is 466 g/mol. The van der Waals surface area contributed by atoms with Crippen molar-refractivity contribution in [2.45, 2.75) is 110 Å². The van der Waals surface area contributed by atoms with Crippen LogP contribution >= 0.6 is 0 Å². The number of amides is 5. The number of carbonyl (C=O) groups is 5. The van der Waals surface area contributed by atoms with Gasteiger partial charge in [0.15, 0.2) is 0 Å². The van der Waals surface area contributed by atoms with Crippen molar-refractivity contribution in [3.8, 4) is 0 Å². The van der Waals surface area contributed by atoms with Crippen molar-refractivity contribution in [2.24, 2.45) is 17.6 Å². The lowest BCUT2D eigenvalue weighted by Crippen LogP contribution is -2.62. The van der Waals surface area contributed by atoms with Gasteiger partial charge in [-0.1, -0.05) is 46.0 Å². The molecule has 2 unspecified atom stereocenters. The fraction of sp³-hybridized carbons (Fsp3) is 0.800. The van der Waals surface area contributed by atoms with Crippen molar-refractivity contribution in [3.05, 3.63) is 0 Å². The van der Waals surface area contributed by atoms with E-state index in [4.69, 9.17) is 5.73 Å². The van der Waals surface area contributed by atoms with Crippen LogP contribution in [-0.4, -0.2) is 64.9 Å². The van der Waals surface area contributed by atoms with Crippen LogP contribution in [0.4, 0.5) is 0 Å². The SMILES string of the molecule is CCCC[C@](C)(NC(=O)[C@@H](CC)CC1CCC1)C(=O)NC(CO)C(=O)N[C@@H](C)C(=O)NC(C)C(N)=O. The Morgan fingerprint density at radius 2 is 1.58 bits per heavy atom. The largest absolute Gasteiger partial charge is 0.394 e. The number of unbranched alkanes of at least 4 members (excludes halogenated alkanes) is 1. The normalized spacial score (nSPS) is 18.4. The fourth-order valence-electron chi connectivity index (χ4n) is 4.03. The highest BCUT2D eigenvalue weighted by Gasteiger charge is 2.38. The van der Waals surface area contributed by atoms with Crippen LogP contribution < -0.4 is 27.0 Å². The molecule has 0 saturated heterocycles. The lowest BCUT2D eigenvalue weighted by Gasteiger charge is -2.34. The summed E-state index contributed by atoms with van der Waals surface area (Å²) in [6, 6.07) is -3.31. The summed E-state index contributed by atoms with van der Waals surface area (Å²) in [5.41, 5.74) is 3.86. The zero-order chi connectivity index (χ0) is 27.5. The molecule has 36 heavy (non-hydrogen) atoms. The van der Waals surface area contributed by atoms with Crippen LogP contribution in [0.15, 0.2) is 0 Å². The molecule has 0 heterocycles. The number of carbonyl (C=O) groups excluding carboxylic acids is 5. The van der Waals surface area contributed by atoms with E-state index >= 15 is 0 Å². The van der Waals surface area contributed by atoms with E-state index in [0.29, 0.717) is 25.2 Å². The monoisotopic (exact) mass is 511 g/mol. The zero-order valence-electron chi connectivity index (χ0n) is 22.3. The van der Waals surface area contributed by atoms with Crippen LogP contribution in [0.2, 0.25) is 0 Å². The standard InChI is InChI=1S/C25H45N5O6/c1-6-8-12-25(5,30-22(34)18(7-2)13-17-10-9-11-17)24(36)29-19(14-31)23(35)28-16(4)21(33)27-15(3)20(26)32/h15-19,31H,6-14H2,1-5H3,(H2,26,32)(H,27,33)(H,28,35)(H,29,36)(H,30,34)/t15?,16-,18-,19?,25-/m0/s1. The summed E-state index contributed by atoms with van der Waals surface area (Å²) in [6.07, 6.45) is 6.75. The van der Waals surface area contributed by atoms with Gasteiger partial charge in [0.2, 0.25) is 29.5 Å². The summed E-state index contributed by atoms with van der Waals surface area (Å²) >= 11 is 0. The van der Waals surface area contributed by atoms with Gasteiger partial charge in [0.25, 0.3) is 0 Å². The van der Waals surface area contributed by atoms with E-state index < -0.39 is 53.9 Å². The molecule has 0 aromatic carbocycles. The van der Waals surface area contributed by atoms with Crippen LogP contribution in [0.5, 0.6) is 0 Å². The summed E-state index contributed by atoms with van der Waals surface area (Å²) in [5.74, 6) is -2.56. The van der Waals surface area contributed by atoms with E-state index in [1.165, 1.54) is 20.3 Å². The van der Waals surface area contributed by atoms with Gasteiger partial charge in [-0.25, -0.2) is 0 Å². The molecule has 1 rings (SSSR count). The third-order valence-electron chi connectivity index (χ3n) is 6.98. The highest BCUT2D eigenvalue weighted by Crippen LogP contribution is 2.33. The quantitative estimate of drug-likeness (QED) is 0.173. The Kier molecular flexibility index (Phi) is 12.9. The van der Waals surface area contributed by atoms with Gasteiger partial charge in [-0.15, -0.1) is 0 Å². The Morgan fingerprint density at radius 1 is 0.972 bits per heavy atom. The van der Waals surface area contributed by atoms with Crippen LogP contribution in [0, 0.1) is 11.8 Å². The second-order valence-corrected chi connectivity index (χ2v) is 10.1. The molecule has 1 saturated carbocycles. The maximum absolute atomic E-state index is 13.3. The number of aliphatic hydroxyl groups is 1. The molecular formula is C25H45N5O6. The number of hydrogen-bond donors (Lipinski definition) is 6. The Balaban J connectivity index is 2.85. The summed E-state index contributed by atoms with van der Waals surface area (Å²) in [5, 5.41) is 20.0. The van der Waals surface area contributed by atoms with Gasteiger partial charge < -0.3 is 32.1 Å². The first-order chi connectivity index (χ1) is 16.9. The van der Waals surface area contributed by atoms with E-state index in [1.807, 2.05) is 13.8 Å². The lowest BCUT2D eigenvalue weighted by molar-refractivity contribution is -0.138. The maximum atomic E-state index is 13.3. The molecule has 0 radical (unpaired) electrons. The number of aliphatic hydroxyl groups excluding tert-OH is 1. The predicted molar refractivity (Wildman–Crippen MR) is 135 cm³/mol. The average Bonchev–Trinajstić information content (AvgIpc) is 2.79. The molecule has 0 spiro atoms. The van der Waals surface area contributed by atoms with Crippen LogP contribution in [-0.2, 0) is 24.0 Å². The van der Waals surface area contributed by atoms with Gasteiger partial charge in [-0.2, -0.15) is 0 Å². The van der Waals surface area contributed by atoms with E-state index in [-0.39, 0.29) is 11.8 Å². The van der Waals surface area contributed by atoms with Gasteiger partial charge in [0.1, 0.15) is 23.7 Å². The molecule has 0 bridgehead atoms. The van der Waals surface area contributed by atoms with Crippen molar-refractivity contribution in [1.82, 2.24) is 21.3 Å². The minimum atomic E-state index is -1.34. The van der Waals surface area contributed by atoms with Crippen molar-refractivity contribution in [2.75, 3.05) is 6.61 Å². The van der Waals surface area contributed by atoms with Gasteiger partial charge in [0, 0.05) is 5.92 Å². The molecule has 0 aromatic heterocycles. The molecule has 1 fully saturated rings. The number of primary amides is 1. The Hall–Kier alpha value is -2.69. The first-order valence-electron chi connectivity index (χ1n) is 13.0. The van der Waals surface area contributed by atoms with Gasteiger partial charge >= 0.3 is 0 Å². The first kappa shape index (κ1) is 31.3. The maximum Gasteiger partial charge on any atom is 0.246 e. The second kappa shape index (κ2) is 14.8. The minimum Gasteiger partial charge on any atom is -0.394 e. The first-order valence-corrected chi connectivity index (χ1v) is 13.0. The van der Waals surface area contributed by atoms with Crippen LogP contribution in [0.3, 0.4) is 0 Å². The molecule has 0 aliphatic heterocycles. The molecule has 7 N–H and O–H groups in total.